The highest BCUT2D eigenvalue weighted by atomic mass is 32.1. The number of carbonyl (C=O) groups excluding carboxylic acids is 2. The number of fused-ring (bicyclic) bond motifs is 1. The summed E-state index contributed by atoms with van der Waals surface area (Å²) < 4.78 is 1.94. The van der Waals surface area contributed by atoms with Crippen molar-refractivity contribution in [1.82, 2.24) is 19.9 Å². The second-order valence-corrected chi connectivity index (χ2v) is 13.2. The fourth-order valence-electron chi connectivity index (χ4n) is 6.12. The van der Waals surface area contributed by atoms with Gasteiger partial charge >= 0.3 is 0 Å². The number of nitriles is 1. The molecule has 0 radical (unpaired) electrons. The van der Waals surface area contributed by atoms with E-state index in [1.807, 2.05) is 82.7 Å². The third-order valence-corrected chi connectivity index (χ3v) is 9.61. The van der Waals surface area contributed by atoms with Crippen LogP contribution < -0.4 is 10.2 Å². The number of imidazole rings is 1. The minimum absolute atomic E-state index is 0.114. The van der Waals surface area contributed by atoms with Crippen LogP contribution in [0.5, 0.6) is 0 Å². The maximum Gasteiger partial charge on any atom is 0.269 e. The van der Waals surface area contributed by atoms with Gasteiger partial charge in [0.1, 0.15) is 0 Å². The number of carbonyl (C=O) groups is 2. The van der Waals surface area contributed by atoms with Gasteiger partial charge in [0.05, 0.1) is 48.1 Å². The summed E-state index contributed by atoms with van der Waals surface area (Å²) >= 11 is 1.58. The van der Waals surface area contributed by atoms with E-state index < -0.39 is 4.92 Å². The van der Waals surface area contributed by atoms with Crippen molar-refractivity contribution in [1.29, 1.82) is 5.26 Å². The van der Waals surface area contributed by atoms with E-state index in [4.69, 9.17) is 0 Å². The number of H-pyrrole nitrogens is 1. The van der Waals surface area contributed by atoms with Crippen molar-refractivity contribution in [3.8, 4) is 17.2 Å². The third-order valence-electron chi connectivity index (χ3n) is 8.74. The number of nitro benzene ring substituents is 1. The molecule has 11 nitrogen and oxygen atoms in total. The van der Waals surface area contributed by atoms with Crippen molar-refractivity contribution in [2.24, 2.45) is 0 Å². The molecule has 0 bridgehead atoms. The van der Waals surface area contributed by atoms with Crippen LogP contribution in [-0.4, -0.2) is 31.3 Å². The van der Waals surface area contributed by atoms with E-state index in [2.05, 4.69) is 21.4 Å². The first-order valence-corrected chi connectivity index (χ1v) is 17.3. The summed E-state index contributed by atoms with van der Waals surface area (Å²) in [5, 5.41) is 26.4. The Hall–Kier alpha value is -6.84. The van der Waals surface area contributed by atoms with Crippen molar-refractivity contribution >= 4 is 45.4 Å². The fourth-order valence-corrected chi connectivity index (χ4v) is 6.76. The lowest BCUT2D eigenvalue weighted by Gasteiger charge is -2.24. The van der Waals surface area contributed by atoms with Crippen LogP contribution in [0.15, 0.2) is 127 Å². The quantitative estimate of drug-likeness (QED) is 0.0986. The van der Waals surface area contributed by atoms with Crippen LogP contribution in [0.25, 0.3) is 22.0 Å². The maximum atomic E-state index is 14.3. The summed E-state index contributed by atoms with van der Waals surface area (Å²) in [6.07, 6.45) is 3.52. The van der Waals surface area contributed by atoms with Gasteiger partial charge in [0.15, 0.2) is 0 Å². The molecule has 0 unspecified atom stereocenters. The first kappa shape index (κ1) is 33.6. The normalized spacial score (nSPS) is 10.9. The Labute approximate surface area is 302 Å². The lowest BCUT2D eigenvalue weighted by Crippen LogP contribution is -2.31. The van der Waals surface area contributed by atoms with Crippen LogP contribution >= 0.6 is 11.3 Å². The van der Waals surface area contributed by atoms with E-state index >= 15 is 0 Å². The van der Waals surface area contributed by atoms with Gasteiger partial charge in [0.2, 0.25) is 5.91 Å². The minimum atomic E-state index is -0.501. The van der Waals surface area contributed by atoms with Crippen LogP contribution in [0.1, 0.15) is 37.7 Å². The van der Waals surface area contributed by atoms with Gasteiger partial charge in [-0.25, -0.2) is 4.98 Å². The van der Waals surface area contributed by atoms with Gasteiger partial charge < -0.3 is 19.8 Å². The average Bonchev–Trinajstić information content (AvgIpc) is 3.94. The SMILES string of the molecule is N#Cc1ccc(Cn2cncc2CN(C(=O)c2ccc([N+](=O)[O-])cc2)c2ccc3[nH]c(CC(=O)NCc4cccs4)c(-c4ccccc4)c3c2)cc1. The minimum Gasteiger partial charge on any atom is -0.357 e. The monoisotopic (exact) mass is 705 g/mol. The van der Waals surface area contributed by atoms with Crippen LogP contribution in [0, 0.1) is 21.4 Å². The van der Waals surface area contributed by atoms with E-state index in [1.165, 1.54) is 24.3 Å². The molecule has 0 fully saturated rings. The number of amides is 2. The Morgan fingerprint density at radius 1 is 0.981 bits per heavy atom. The van der Waals surface area contributed by atoms with Crippen LogP contribution in [0.4, 0.5) is 11.4 Å². The molecule has 7 rings (SSSR count). The highest BCUT2D eigenvalue weighted by Crippen LogP contribution is 2.36. The fraction of sp³-hybridized carbons (Fsp3) is 0.100. The molecule has 4 aromatic carbocycles. The summed E-state index contributed by atoms with van der Waals surface area (Å²) in [5.74, 6) is -0.479. The second-order valence-electron chi connectivity index (χ2n) is 12.1. The van der Waals surface area contributed by atoms with E-state index in [9.17, 15) is 25.0 Å². The standard InChI is InChI=1S/C40H31N7O4S/c41-21-27-8-10-28(11-9-27)24-45-26-42-22-33(45)25-46(40(49)30-12-14-31(15-13-30)47(50)51)32-16-17-36-35(19-32)39(29-5-2-1-3-6-29)37(44-36)20-38(48)43-23-34-7-4-18-52-34/h1-19,22,26,44H,20,23-25H2,(H,43,48). The molecule has 0 saturated carbocycles. The lowest BCUT2D eigenvalue weighted by molar-refractivity contribution is -0.384. The molecule has 0 spiro atoms. The average molecular weight is 706 g/mol. The molecular weight excluding hydrogens is 675 g/mol. The molecule has 0 atom stereocenters. The summed E-state index contributed by atoms with van der Waals surface area (Å²) in [6.45, 7) is 1.05. The van der Waals surface area contributed by atoms with Gasteiger partial charge in [0.25, 0.3) is 11.6 Å². The molecule has 0 aliphatic heterocycles. The molecular formula is C40H31N7O4S. The van der Waals surface area contributed by atoms with Crippen molar-refractivity contribution < 1.29 is 14.5 Å². The van der Waals surface area contributed by atoms with Crippen LogP contribution in [0.3, 0.4) is 0 Å². The van der Waals surface area contributed by atoms with Gasteiger partial charge in [-0.3, -0.25) is 19.7 Å². The third kappa shape index (κ3) is 7.35. The van der Waals surface area contributed by atoms with Gasteiger partial charge in [-0.15, -0.1) is 11.3 Å². The van der Waals surface area contributed by atoms with Gasteiger partial charge in [-0.05, 0) is 65.0 Å². The van der Waals surface area contributed by atoms with E-state index in [0.717, 1.165) is 43.9 Å². The molecule has 0 aliphatic carbocycles. The summed E-state index contributed by atoms with van der Waals surface area (Å²) in [5.41, 5.74) is 6.35. The molecule has 0 saturated heterocycles. The summed E-state index contributed by atoms with van der Waals surface area (Å²) in [7, 11) is 0. The van der Waals surface area contributed by atoms with Crippen molar-refractivity contribution in [3.05, 3.63) is 170 Å². The number of nitro groups is 1. The Balaban J connectivity index is 1.27. The number of benzene rings is 4. The van der Waals surface area contributed by atoms with E-state index in [1.54, 1.807) is 40.9 Å². The molecule has 7 aromatic rings. The zero-order chi connectivity index (χ0) is 36.0. The molecule has 0 aliphatic rings. The molecule has 3 heterocycles. The number of hydrogen-bond acceptors (Lipinski definition) is 7. The Bertz CT molecular complexity index is 2410. The number of anilines is 1. The van der Waals surface area contributed by atoms with E-state index in [0.29, 0.717) is 24.3 Å². The lowest BCUT2D eigenvalue weighted by atomic mass is 10.00. The maximum absolute atomic E-state index is 14.3. The predicted molar refractivity (Wildman–Crippen MR) is 200 cm³/mol. The Morgan fingerprint density at radius 3 is 2.48 bits per heavy atom. The van der Waals surface area contributed by atoms with E-state index in [-0.39, 0.29) is 36.0 Å². The largest absolute Gasteiger partial charge is 0.357 e. The van der Waals surface area contributed by atoms with Gasteiger partial charge in [0, 0.05) is 63.2 Å². The molecule has 256 valence electrons. The van der Waals surface area contributed by atoms with Crippen molar-refractivity contribution in [2.45, 2.75) is 26.1 Å². The highest BCUT2D eigenvalue weighted by Gasteiger charge is 2.23. The second kappa shape index (κ2) is 15.0. The number of nitrogens with one attached hydrogen (secondary N) is 2. The molecule has 12 heteroatoms. The van der Waals surface area contributed by atoms with Gasteiger partial charge in [-0.2, -0.15) is 5.26 Å². The van der Waals surface area contributed by atoms with Crippen molar-refractivity contribution in [3.63, 3.8) is 0 Å². The Morgan fingerprint density at radius 2 is 1.77 bits per heavy atom. The topological polar surface area (TPSA) is 150 Å². The first-order chi connectivity index (χ1) is 25.4. The number of aromatic amines is 1. The number of thiophene rings is 1. The molecule has 2 amide bonds. The van der Waals surface area contributed by atoms with Gasteiger partial charge in [-0.1, -0.05) is 48.5 Å². The predicted octanol–water partition coefficient (Wildman–Crippen LogP) is 7.63. The molecule has 3 aromatic heterocycles. The summed E-state index contributed by atoms with van der Waals surface area (Å²) in [6, 6.07) is 34.4. The number of hydrogen-bond donors (Lipinski definition) is 2. The number of rotatable bonds is 12. The first-order valence-electron chi connectivity index (χ1n) is 16.4. The number of aromatic nitrogens is 3. The highest BCUT2D eigenvalue weighted by molar-refractivity contribution is 7.09. The van der Waals surface area contributed by atoms with Crippen LogP contribution in [0.2, 0.25) is 0 Å². The molecule has 2 N–H and O–H groups in total. The molecule has 52 heavy (non-hydrogen) atoms. The zero-order valence-corrected chi connectivity index (χ0v) is 28.5. The summed E-state index contributed by atoms with van der Waals surface area (Å²) in [4.78, 5) is 48.9. The smallest absolute Gasteiger partial charge is 0.269 e. The zero-order valence-electron chi connectivity index (χ0n) is 27.7. The number of non-ortho nitro benzene ring substituents is 1. The van der Waals surface area contributed by atoms with Crippen LogP contribution in [-0.2, 0) is 30.8 Å². The van der Waals surface area contributed by atoms with Crippen molar-refractivity contribution in [2.75, 3.05) is 4.90 Å². The Kier molecular flexibility index (Phi) is 9.68. The number of nitrogens with zero attached hydrogens (tertiary/aromatic N) is 5.